The van der Waals surface area contributed by atoms with Crippen LogP contribution in [0.3, 0.4) is 0 Å². The first-order valence-corrected chi connectivity index (χ1v) is 8.05. The lowest BCUT2D eigenvalue weighted by Gasteiger charge is -2.19. The third-order valence-electron chi connectivity index (χ3n) is 3.43. The summed E-state index contributed by atoms with van der Waals surface area (Å²) in [6.45, 7) is 4.07. The van der Waals surface area contributed by atoms with Crippen LogP contribution in [0.5, 0.6) is 5.75 Å². The Hall–Kier alpha value is -1.71. The van der Waals surface area contributed by atoms with Crippen molar-refractivity contribution >= 4 is 29.2 Å². The van der Waals surface area contributed by atoms with Gasteiger partial charge in [0.2, 0.25) is 0 Å². The number of hydrogen-bond acceptors (Lipinski definition) is 2. The van der Waals surface area contributed by atoms with Crippen molar-refractivity contribution in [1.82, 2.24) is 0 Å². The third-order valence-corrected chi connectivity index (χ3v) is 3.87. The standard InChI is InChI=1S/C18H18Cl2O3/c1-11(2)15-5-3-4-6-16(15)23-17(18(21)22)9-12-7-13(19)10-14(20)8-12/h3-8,10-11,17H,9H2,1-2H3,(H,21,22)/t17-/m0/s1. The summed E-state index contributed by atoms with van der Waals surface area (Å²) in [5, 5.41) is 10.4. The van der Waals surface area contributed by atoms with Crippen molar-refractivity contribution in [1.29, 1.82) is 0 Å². The van der Waals surface area contributed by atoms with Crippen LogP contribution in [0, 0.1) is 0 Å². The molecule has 1 N–H and O–H groups in total. The van der Waals surface area contributed by atoms with E-state index in [4.69, 9.17) is 27.9 Å². The molecule has 0 unspecified atom stereocenters. The molecule has 0 saturated carbocycles. The zero-order valence-corrected chi connectivity index (χ0v) is 14.4. The summed E-state index contributed by atoms with van der Waals surface area (Å²) in [6.07, 6.45) is -0.827. The Kier molecular flexibility index (Phi) is 5.91. The fraction of sp³-hybridized carbons (Fsp3) is 0.278. The van der Waals surface area contributed by atoms with Gasteiger partial charge in [-0.15, -0.1) is 0 Å². The summed E-state index contributed by atoms with van der Waals surface area (Å²) in [5.74, 6) is -0.205. The van der Waals surface area contributed by atoms with Crippen LogP contribution in [0.1, 0.15) is 30.9 Å². The maximum absolute atomic E-state index is 11.6. The van der Waals surface area contributed by atoms with Crippen molar-refractivity contribution in [3.05, 3.63) is 63.6 Å². The van der Waals surface area contributed by atoms with E-state index in [0.717, 1.165) is 11.1 Å². The van der Waals surface area contributed by atoms with Gasteiger partial charge in [-0.3, -0.25) is 0 Å². The number of aliphatic carboxylic acids is 1. The molecular weight excluding hydrogens is 335 g/mol. The molecule has 0 saturated heterocycles. The minimum Gasteiger partial charge on any atom is -0.478 e. The molecule has 5 heteroatoms. The molecule has 2 aromatic carbocycles. The van der Waals surface area contributed by atoms with E-state index in [2.05, 4.69) is 0 Å². The fourth-order valence-corrected chi connectivity index (χ4v) is 2.91. The third kappa shape index (κ3) is 4.88. The highest BCUT2D eigenvalue weighted by Gasteiger charge is 2.22. The number of halogens is 2. The molecule has 0 aliphatic carbocycles. The molecule has 2 aromatic rings. The first-order valence-electron chi connectivity index (χ1n) is 7.30. The Labute approximate surface area is 145 Å². The largest absolute Gasteiger partial charge is 0.478 e. The van der Waals surface area contributed by atoms with E-state index in [9.17, 15) is 9.90 Å². The van der Waals surface area contributed by atoms with Gasteiger partial charge in [0.25, 0.3) is 0 Å². The zero-order chi connectivity index (χ0) is 17.0. The first-order chi connectivity index (χ1) is 10.9. The lowest BCUT2D eigenvalue weighted by atomic mass is 10.0. The Morgan fingerprint density at radius 2 is 1.74 bits per heavy atom. The molecular formula is C18H18Cl2O3. The summed E-state index contributed by atoms with van der Waals surface area (Å²) < 4.78 is 5.77. The highest BCUT2D eigenvalue weighted by Crippen LogP contribution is 2.28. The van der Waals surface area contributed by atoms with E-state index < -0.39 is 12.1 Å². The van der Waals surface area contributed by atoms with Crippen LogP contribution in [-0.2, 0) is 11.2 Å². The van der Waals surface area contributed by atoms with Crippen molar-refractivity contribution in [2.75, 3.05) is 0 Å². The minimum atomic E-state index is -1.03. The molecule has 0 amide bonds. The molecule has 0 fully saturated rings. The maximum Gasteiger partial charge on any atom is 0.345 e. The van der Waals surface area contributed by atoms with Crippen LogP contribution in [0.15, 0.2) is 42.5 Å². The molecule has 0 aliphatic heterocycles. The predicted octanol–water partition coefficient (Wildman–Crippen LogP) is 5.19. The molecule has 23 heavy (non-hydrogen) atoms. The van der Waals surface area contributed by atoms with Crippen LogP contribution in [0.4, 0.5) is 0 Å². The van der Waals surface area contributed by atoms with Gasteiger partial charge in [-0.25, -0.2) is 4.79 Å². The number of rotatable bonds is 6. The molecule has 0 aromatic heterocycles. The molecule has 0 spiro atoms. The van der Waals surface area contributed by atoms with Gasteiger partial charge in [-0.1, -0.05) is 55.2 Å². The molecule has 1 atom stereocenters. The Balaban J connectivity index is 2.24. The minimum absolute atomic E-state index is 0.183. The second-order valence-electron chi connectivity index (χ2n) is 5.62. The number of benzene rings is 2. The normalized spacial score (nSPS) is 12.2. The van der Waals surface area contributed by atoms with Crippen LogP contribution in [0.2, 0.25) is 10.0 Å². The van der Waals surface area contributed by atoms with E-state index in [1.165, 1.54) is 0 Å². The van der Waals surface area contributed by atoms with E-state index in [0.29, 0.717) is 15.8 Å². The quantitative estimate of drug-likeness (QED) is 0.777. The van der Waals surface area contributed by atoms with Gasteiger partial charge in [0.05, 0.1) is 0 Å². The Bertz CT molecular complexity index is 678. The Morgan fingerprint density at radius 1 is 1.13 bits per heavy atom. The number of carboxylic acid groups (broad SMARTS) is 1. The van der Waals surface area contributed by atoms with E-state index >= 15 is 0 Å². The number of ether oxygens (including phenoxy) is 1. The molecule has 3 nitrogen and oxygen atoms in total. The van der Waals surface area contributed by atoms with Crippen molar-refractivity contribution in [3.63, 3.8) is 0 Å². The Morgan fingerprint density at radius 3 is 2.30 bits per heavy atom. The van der Waals surface area contributed by atoms with Gasteiger partial charge >= 0.3 is 5.97 Å². The topological polar surface area (TPSA) is 46.5 Å². The number of hydrogen-bond donors (Lipinski definition) is 1. The molecule has 2 rings (SSSR count). The number of para-hydroxylation sites is 1. The van der Waals surface area contributed by atoms with Crippen LogP contribution in [-0.4, -0.2) is 17.2 Å². The van der Waals surface area contributed by atoms with Crippen LogP contribution >= 0.6 is 23.2 Å². The van der Waals surface area contributed by atoms with Crippen LogP contribution < -0.4 is 4.74 Å². The van der Waals surface area contributed by atoms with Crippen molar-refractivity contribution in [2.24, 2.45) is 0 Å². The average molecular weight is 353 g/mol. The van der Waals surface area contributed by atoms with Gasteiger partial charge in [-0.05, 0) is 41.3 Å². The van der Waals surface area contributed by atoms with Gasteiger partial charge in [0, 0.05) is 16.5 Å². The molecule has 0 aliphatic rings. The molecule has 122 valence electrons. The highest BCUT2D eigenvalue weighted by atomic mass is 35.5. The zero-order valence-electron chi connectivity index (χ0n) is 12.9. The maximum atomic E-state index is 11.6. The van der Waals surface area contributed by atoms with Crippen molar-refractivity contribution < 1.29 is 14.6 Å². The van der Waals surface area contributed by atoms with Gasteiger partial charge in [0.15, 0.2) is 6.10 Å². The highest BCUT2D eigenvalue weighted by molar-refractivity contribution is 6.34. The van der Waals surface area contributed by atoms with Crippen LogP contribution in [0.25, 0.3) is 0 Å². The molecule has 0 bridgehead atoms. The van der Waals surface area contributed by atoms with E-state index in [1.807, 2.05) is 32.0 Å². The van der Waals surface area contributed by atoms with Gasteiger partial charge in [-0.2, -0.15) is 0 Å². The molecule has 0 radical (unpaired) electrons. The monoisotopic (exact) mass is 352 g/mol. The second-order valence-corrected chi connectivity index (χ2v) is 6.49. The fourth-order valence-electron chi connectivity index (χ4n) is 2.34. The summed E-state index contributed by atoms with van der Waals surface area (Å²) in [7, 11) is 0. The summed E-state index contributed by atoms with van der Waals surface area (Å²) >= 11 is 11.9. The van der Waals surface area contributed by atoms with Crippen molar-refractivity contribution in [3.8, 4) is 5.75 Å². The van der Waals surface area contributed by atoms with Crippen molar-refractivity contribution in [2.45, 2.75) is 32.3 Å². The second kappa shape index (κ2) is 7.71. The van der Waals surface area contributed by atoms with E-state index in [1.54, 1.807) is 24.3 Å². The van der Waals surface area contributed by atoms with E-state index in [-0.39, 0.29) is 12.3 Å². The summed E-state index contributed by atoms with van der Waals surface area (Å²) in [6, 6.07) is 12.5. The predicted molar refractivity (Wildman–Crippen MR) is 92.7 cm³/mol. The lowest BCUT2D eigenvalue weighted by molar-refractivity contribution is -0.145. The number of carbonyl (C=O) groups is 1. The lowest BCUT2D eigenvalue weighted by Crippen LogP contribution is -2.29. The smallest absolute Gasteiger partial charge is 0.345 e. The average Bonchev–Trinajstić information content (AvgIpc) is 2.45. The SMILES string of the molecule is CC(C)c1ccccc1O[C@@H](Cc1cc(Cl)cc(Cl)c1)C(=O)O. The number of carboxylic acids is 1. The van der Waals surface area contributed by atoms with Gasteiger partial charge < -0.3 is 9.84 Å². The summed E-state index contributed by atoms with van der Waals surface area (Å²) in [5.41, 5.74) is 1.69. The molecule has 0 heterocycles. The first kappa shape index (κ1) is 17.6. The summed E-state index contributed by atoms with van der Waals surface area (Å²) in [4.78, 5) is 11.6. The van der Waals surface area contributed by atoms with Gasteiger partial charge in [0.1, 0.15) is 5.75 Å².